The fraction of sp³-hybridized carbons (Fsp3) is 0.417. The van der Waals surface area contributed by atoms with Crippen LogP contribution in [0.3, 0.4) is 0 Å². The third kappa shape index (κ3) is 4.02. The van der Waals surface area contributed by atoms with Crippen molar-refractivity contribution in [1.82, 2.24) is 0 Å². The molecule has 0 aliphatic rings. The number of sulfone groups is 1. The van der Waals surface area contributed by atoms with E-state index in [1.807, 2.05) is 6.92 Å². The SMILES string of the molecule is CCCCS(=O)(=O)Cc1cccc([N+](=O)[O-])c1C(=O)O. The smallest absolute Gasteiger partial charge is 0.343 e. The van der Waals surface area contributed by atoms with Crippen molar-refractivity contribution in [2.24, 2.45) is 0 Å². The summed E-state index contributed by atoms with van der Waals surface area (Å²) in [5.41, 5.74) is -1.21. The molecule has 0 radical (unpaired) electrons. The highest BCUT2D eigenvalue weighted by Gasteiger charge is 2.25. The van der Waals surface area contributed by atoms with Gasteiger partial charge in [0.1, 0.15) is 5.56 Å². The second kappa shape index (κ2) is 6.47. The molecule has 0 atom stereocenters. The van der Waals surface area contributed by atoms with Crippen LogP contribution in [0.5, 0.6) is 0 Å². The summed E-state index contributed by atoms with van der Waals surface area (Å²) in [7, 11) is -3.48. The van der Waals surface area contributed by atoms with E-state index in [-0.39, 0.29) is 11.3 Å². The normalized spacial score (nSPS) is 11.2. The zero-order valence-electron chi connectivity index (χ0n) is 10.9. The van der Waals surface area contributed by atoms with Gasteiger partial charge in [-0.2, -0.15) is 0 Å². The fourth-order valence-electron chi connectivity index (χ4n) is 1.78. The monoisotopic (exact) mass is 301 g/mol. The largest absolute Gasteiger partial charge is 0.477 e. The summed E-state index contributed by atoms with van der Waals surface area (Å²) in [5.74, 6) is -2.07. The molecule has 0 amide bonds. The minimum Gasteiger partial charge on any atom is -0.477 e. The molecule has 0 heterocycles. The van der Waals surface area contributed by atoms with Crippen molar-refractivity contribution in [3.8, 4) is 0 Å². The molecule has 110 valence electrons. The lowest BCUT2D eigenvalue weighted by Crippen LogP contribution is -2.14. The Hall–Kier alpha value is -1.96. The van der Waals surface area contributed by atoms with Gasteiger partial charge in [-0.1, -0.05) is 25.5 Å². The molecule has 20 heavy (non-hydrogen) atoms. The Balaban J connectivity index is 3.22. The van der Waals surface area contributed by atoms with E-state index in [2.05, 4.69) is 0 Å². The molecular weight excluding hydrogens is 286 g/mol. The van der Waals surface area contributed by atoms with Crippen molar-refractivity contribution < 1.29 is 23.2 Å². The van der Waals surface area contributed by atoms with Crippen LogP contribution < -0.4 is 0 Å². The van der Waals surface area contributed by atoms with E-state index in [0.717, 1.165) is 6.07 Å². The molecule has 1 N–H and O–H groups in total. The number of nitrogens with zero attached hydrogens (tertiary/aromatic N) is 1. The lowest BCUT2D eigenvalue weighted by atomic mass is 10.1. The second-order valence-electron chi connectivity index (χ2n) is 4.32. The Bertz CT molecular complexity index is 623. The van der Waals surface area contributed by atoms with Crippen LogP contribution in [0, 0.1) is 10.1 Å². The van der Waals surface area contributed by atoms with Gasteiger partial charge in [-0.3, -0.25) is 10.1 Å². The molecule has 0 saturated heterocycles. The Morgan fingerprint density at radius 3 is 2.55 bits per heavy atom. The van der Waals surface area contributed by atoms with E-state index in [4.69, 9.17) is 5.11 Å². The summed E-state index contributed by atoms with van der Waals surface area (Å²) < 4.78 is 23.7. The summed E-state index contributed by atoms with van der Waals surface area (Å²) in [6.45, 7) is 1.84. The van der Waals surface area contributed by atoms with Crippen molar-refractivity contribution >= 4 is 21.5 Å². The number of carboxylic acids is 1. The number of benzene rings is 1. The molecule has 0 aromatic heterocycles. The molecule has 1 aromatic rings. The first-order valence-corrected chi connectivity index (χ1v) is 7.80. The number of nitro groups is 1. The minimum absolute atomic E-state index is 0.0530. The van der Waals surface area contributed by atoms with Crippen LogP contribution in [-0.4, -0.2) is 30.2 Å². The molecule has 0 saturated carbocycles. The first kappa shape index (κ1) is 16.1. The molecule has 7 nitrogen and oxygen atoms in total. The van der Waals surface area contributed by atoms with Crippen molar-refractivity contribution in [1.29, 1.82) is 0 Å². The predicted molar refractivity (Wildman–Crippen MR) is 72.5 cm³/mol. The average Bonchev–Trinajstić information content (AvgIpc) is 2.35. The lowest BCUT2D eigenvalue weighted by molar-refractivity contribution is -0.385. The van der Waals surface area contributed by atoms with E-state index in [1.54, 1.807) is 0 Å². The van der Waals surface area contributed by atoms with Gasteiger partial charge in [0, 0.05) is 6.07 Å². The summed E-state index contributed by atoms with van der Waals surface area (Å²) >= 11 is 0. The van der Waals surface area contributed by atoms with E-state index >= 15 is 0 Å². The standard InChI is InChI=1S/C12H15NO6S/c1-2-3-7-20(18,19)8-9-5-4-6-10(13(16)17)11(9)12(14)15/h4-6H,2-3,7-8H2,1H3,(H,14,15). The van der Waals surface area contributed by atoms with Crippen LogP contribution in [0.15, 0.2) is 18.2 Å². The summed E-state index contributed by atoms with van der Waals surface area (Å²) in [6, 6.07) is 3.63. The van der Waals surface area contributed by atoms with Gasteiger partial charge in [-0.15, -0.1) is 0 Å². The maximum absolute atomic E-state index is 11.9. The van der Waals surface area contributed by atoms with Gasteiger partial charge in [-0.25, -0.2) is 13.2 Å². The first-order chi connectivity index (χ1) is 9.28. The van der Waals surface area contributed by atoms with E-state index < -0.39 is 37.7 Å². The number of nitro benzene ring substituents is 1. The number of unbranched alkanes of at least 4 members (excludes halogenated alkanes) is 1. The Morgan fingerprint density at radius 2 is 2.05 bits per heavy atom. The number of hydrogen-bond donors (Lipinski definition) is 1. The van der Waals surface area contributed by atoms with E-state index in [1.165, 1.54) is 12.1 Å². The molecule has 0 fully saturated rings. The Kier molecular flexibility index (Phi) is 5.20. The Morgan fingerprint density at radius 1 is 1.40 bits per heavy atom. The zero-order valence-corrected chi connectivity index (χ0v) is 11.7. The molecule has 0 unspecified atom stereocenters. The fourth-order valence-corrected chi connectivity index (χ4v) is 3.37. The minimum atomic E-state index is -3.48. The molecule has 0 aliphatic heterocycles. The van der Waals surface area contributed by atoms with Gasteiger partial charge >= 0.3 is 5.97 Å². The van der Waals surface area contributed by atoms with Gasteiger partial charge in [0.2, 0.25) is 0 Å². The molecular formula is C12H15NO6S. The van der Waals surface area contributed by atoms with Crippen molar-refractivity contribution in [3.63, 3.8) is 0 Å². The van der Waals surface area contributed by atoms with Gasteiger partial charge in [0.15, 0.2) is 9.84 Å². The lowest BCUT2D eigenvalue weighted by Gasteiger charge is -2.07. The number of rotatable bonds is 7. The number of hydrogen-bond acceptors (Lipinski definition) is 5. The van der Waals surface area contributed by atoms with Gasteiger partial charge < -0.3 is 5.11 Å². The van der Waals surface area contributed by atoms with Crippen molar-refractivity contribution in [3.05, 3.63) is 39.4 Å². The molecule has 1 aromatic carbocycles. The second-order valence-corrected chi connectivity index (χ2v) is 6.50. The van der Waals surface area contributed by atoms with Gasteiger partial charge in [-0.05, 0) is 12.0 Å². The quantitative estimate of drug-likeness (QED) is 0.608. The molecule has 1 rings (SSSR count). The van der Waals surface area contributed by atoms with Crippen molar-refractivity contribution in [2.75, 3.05) is 5.75 Å². The summed E-state index contributed by atoms with van der Waals surface area (Å²) in [4.78, 5) is 21.1. The number of carboxylic acid groups (broad SMARTS) is 1. The zero-order chi connectivity index (χ0) is 15.3. The highest BCUT2D eigenvalue weighted by atomic mass is 32.2. The summed E-state index contributed by atoms with van der Waals surface area (Å²) in [6.07, 6.45) is 1.17. The van der Waals surface area contributed by atoms with E-state index in [0.29, 0.717) is 12.8 Å². The molecule has 0 aliphatic carbocycles. The average molecular weight is 301 g/mol. The maximum atomic E-state index is 11.9. The molecule has 8 heteroatoms. The number of carbonyl (C=O) groups is 1. The topological polar surface area (TPSA) is 115 Å². The van der Waals surface area contributed by atoms with Crippen LogP contribution in [-0.2, 0) is 15.6 Å². The van der Waals surface area contributed by atoms with E-state index in [9.17, 15) is 23.3 Å². The van der Waals surface area contributed by atoms with Crippen LogP contribution in [0.4, 0.5) is 5.69 Å². The first-order valence-electron chi connectivity index (χ1n) is 5.98. The molecule has 0 bridgehead atoms. The predicted octanol–water partition coefficient (Wildman–Crippen LogP) is 2.01. The highest BCUT2D eigenvalue weighted by Crippen LogP contribution is 2.24. The third-order valence-corrected chi connectivity index (χ3v) is 4.39. The maximum Gasteiger partial charge on any atom is 0.343 e. The van der Waals surface area contributed by atoms with Crippen LogP contribution >= 0.6 is 0 Å². The summed E-state index contributed by atoms with van der Waals surface area (Å²) in [5, 5.41) is 19.9. The van der Waals surface area contributed by atoms with Crippen molar-refractivity contribution in [2.45, 2.75) is 25.5 Å². The van der Waals surface area contributed by atoms with Crippen LogP contribution in [0.1, 0.15) is 35.7 Å². The van der Waals surface area contributed by atoms with Gasteiger partial charge in [0.25, 0.3) is 5.69 Å². The third-order valence-electron chi connectivity index (χ3n) is 2.72. The Labute approximate surface area is 116 Å². The van der Waals surface area contributed by atoms with Gasteiger partial charge in [0.05, 0.1) is 16.4 Å². The number of aromatic carboxylic acids is 1. The highest BCUT2D eigenvalue weighted by molar-refractivity contribution is 7.90. The van der Waals surface area contributed by atoms with Crippen LogP contribution in [0.2, 0.25) is 0 Å². The molecule has 0 spiro atoms. The van der Waals surface area contributed by atoms with Crippen LogP contribution in [0.25, 0.3) is 0 Å².